The van der Waals surface area contributed by atoms with Gasteiger partial charge in [0.15, 0.2) is 11.0 Å². The van der Waals surface area contributed by atoms with Crippen molar-refractivity contribution in [2.45, 2.75) is 18.6 Å². The second-order valence-corrected chi connectivity index (χ2v) is 8.59. The van der Waals surface area contributed by atoms with Crippen LogP contribution in [0.2, 0.25) is 0 Å². The summed E-state index contributed by atoms with van der Waals surface area (Å²) < 4.78 is 2.96. The third-order valence-corrected chi connectivity index (χ3v) is 5.51. The van der Waals surface area contributed by atoms with Crippen molar-refractivity contribution in [3.05, 3.63) is 82.9 Å². The van der Waals surface area contributed by atoms with Crippen LogP contribution in [0.15, 0.2) is 87.6 Å². The molecule has 1 aromatic heterocycles. The summed E-state index contributed by atoms with van der Waals surface area (Å²) in [5, 5.41) is 13.2. The number of thioether (sulfide) groups is 1. The minimum absolute atomic E-state index is 0.175. The van der Waals surface area contributed by atoms with Crippen molar-refractivity contribution in [3.8, 4) is 11.4 Å². The monoisotopic (exact) mass is 495 g/mol. The number of hydrazone groups is 1. The van der Waals surface area contributed by atoms with Gasteiger partial charge in [-0.2, -0.15) is 5.10 Å². The Balaban J connectivity index is 1.59. The number of rotatable bonds is 9. The highest BCUT2D eigenvalue weighted by Crippen LogP contribution is 2.26. The number of hydrogen-bond acceptors (Lipinski definition) is 5. The molecule has 1 amide bonds. The topological polar surface area (TPSA) is 72.2 Å². The summed E-state index contributed by atoms with van der Waals surface area (Å²) >= 11 is 4.76. The minimum atomic E-state index is -0.218. The standard InChI is InChI=1S/C23H22BrN5OS/c1-17(2)15-29-22(19-10-12-20(24)13-11-19)27-28-23(29)31-16-21(30)26-25-14-6-9-18-7-4-3-5-8-18/h3-14H,1,15-16H2,2H3,(H,26,30). The lowest BCUT2D eigenvalue weighted by molar-refractivity contribution is -0.118. The van der Waals surface area contributed by atoms with Gasteiger partial charge in [0.2, 0.25) is 0 Å². The molecular formula is C23H22BrN5OS. The number of nitrogens with zero attached hydrogens (tertiary/aromatic N) is 4. The summed E-state index contributed by atoms with van der Waals surface area (Å²) in [6.45, 7) is 6.52. The second kappa shape index (κ2) is 11.4. The van der Waals surface area contributed by atoms with Crippen LogP contribution in [0.4, 0.5) is 0 Å². The van der Waals surface area contributed by atoms with Gasteiger partial charge in [0.1, 0.15) is 0 Å². The maximum absolute atomic E-state index is 12.1. The van der Waals surface area contributed by atoms with Crippen LogP contribution in [0.5, 0.6) is 0 Å². The Morgan fingerprint density at radius 3 is 2.65 bits per heavy atom. The summed E-state index contributed by atoms with van der Waals surface area (Å²) in [4.78, 5) is 12.1. The average molecular weight is 496 g/mol. The highest BCUT2D eigenvalue weighted by molar-refractivity contribution is 9.10. The van der Waals surface area contributed by atoms with E-state index in [-0.39, 0.29) is 11.7 Å². The summed E-state index contributed by atoms with van der Waals surface area (Å²) in [5.41, 5.74) is 5.51. The highest BCUT2D eigenvalue weighted by Gasteiger charge is 2.15. The lowest BCUT2D eigenvalue weighted by Gasteiger charge is -2.10. The summed E-state index contributed by atoms with van der Waals surface area (Å²) in [6, 6.07) is 17.7. The molecule has 0 aliphatic heterocycles. The maximum Gasteiger partial charge on any atom is 0.250 e. The van der Waals surface area contributed by atoms with Crippen molar-refractivity contribution < 1.29 is 4.79 Å². The molecule has 6 nitrogen and oxygen atoms in total. The van der Waals surface area contributed by atoms with Crippen molar-refractivity contribution in [2.24, 2.45) is 5.10 Å². The van der Waals surface area contributed by atoms with Gasteiger partial charge in [0, 0.05) is 22.8 Å². The Kier molecular flexibility index (Phi) is 8.37. The molecule has 31 heavy (non-hydrogen) atoms. The molecule has 8 heteroatoms. The first-order valence-corrected chi connectivity index (χ1v) is 11.3. The van der Waals surface area contributed by atoms with Crippen molar-refractivity contribution in [1.29, 1.82) is 0 Å². The number of nitrogens with one attached hydrogen (secondary N) is 1. The molecule has 1 heterocycles. The molecule has 0 atom stereocenters. The van der Waals surface area contributed by atoms with Crippen LogP contribution in [0.3, 0.4) is 0 Å². The van der Waals surface area contributed by atoms with Gasteiger partial charge in [-0.25, -0.2) is 5.43 Å². The molecule has 0 aliphatic rings. The maximum atomic E-state index is 12.1. The van der Waals surface area contributed by atoms with E-state index >= 15 is 0 Å². The van der Waals surface area contributed by atoms with Crippen LogP contribution < -0.4 is 5.43 Å². The second-order valence-electron chi connectivity index (χ2n) is 6.73. The summed E-state index contributed by atoms with van der Waals surface area (Å²) in [5.74, 6) is 0.695. The van der Waals surface area contributed by atoms with E-state index in [2.05, 4.69) is 43.2 Å². The molecule has 0 unspecified atom stereocenters. The van der Waals surface area contributed by atoms with Gasteiger partial charge in [-0.3, -0.25) is 9.36 Å². The normalized spacial score (nSPS) is 11.3. The van der Waals surface area contributed by atoms with E-state index in [1.807, 2.05) is 72.2 Å². The molecule has 0 saturated carbocycles. The number of carbonyl (C=O) groups is 1. The van der Waals surface area contributed by atoms with E-state index in [9.17, 15) is 4.79 Å². The third kappa shape index (κ3) is 7.04. The Labute approximate surface area is 194 Å². The van der Waals surface area contributed by atoms with Crippen molar-refractivity contribution in [3.63, 3.8) is 0 Å². The molecule has 3 rings (SSSR count). The zero-order valence-corrected chi connectivity index (χ0v) is 19.4. The van der Waals surface area contributed by atoms with E-state index in [0.29, 0.717) is 11.7 Å². The van der Waals surface area contributed by atoms with Gasteiger partial charge < -0.3 is 0 Å². The molecule has 0 radical (unpaired) electrons. The third-order valence-electron chi connectivity index (χ3n) is 4.02. The molecule has 0 saturated heterocycles. The molecule has 0 bridgehead atoms. The first-order chi connectivity index (χ1) is 15.0. The van der Waals surface area contributed by atoms with Crippen molar-refractivity contribution in [1.82, 2.24) is 20.2 Å². The SMILES string of the molecule is C=C(C)Cn1c(SCC(=O)NN=CC=Cc2ccccc2)nnc1-c1ccc(Br)cc1. The van der Waals surface area contributed by atoms with E-state index in [1.165, 1.54) is 11.8 Å². The van der Waals surface area contributed by atoms with Crippen LogP contribution in [0.1, 0.15) is 12.5 Å². The number of amides is 1. The molecule has 158 valence electrons. The van der Waals surface area contributed by atoms with Crippen molar-refractivity contribution in [2.75, 3.05) is 5.75 Å². The molecule has 1 N–H and O–H groups in total. The number of aromatic nitrogens is 3. The zero-order chi connectivity index (χ0) is 22.1. The molecular weight excluding hydrogens is 474 g/mol. The average Bonchev–Trinajstić information content (AvgIpc) is 3.15. The van der Waals surface area contributed by atoms with E-state index < -0.39 is 0 Å². The number of hydrogen-bond donors (Lipinski definition) is 1. The summed E-state index contributed by atoms with van der Waals surface area (Å²) in [7, 11) is 0. The van der Waals surface area contributed by atoms with Crippen LogP contribution >= 0.6 is 27.7 Å². The van der Waals surface area contributed by atoms with Crippen LogP contribution in [0.25, 0.3) is 17.5 Å². The molecule has 3 aromatic rings. The predicted molar refractivity (Wildman–Crippen MR) is 131 cm³/mol. The number of benzene rings is 2. The predicted octanol–water partition coefficient (Wildman–Crippen LogP) is 5.19. The lowest BCUT2D eigenvalue weighted by Crippen LogP contribution is -2.19. The first-order valence-electron chi connectivity index (χ1n) is 9.53. The van der Waals surface area contributed by atoms with Crippen LogP contribution in [0, 0.1) is 0 Å². The Morgan fingerprint density at radius 1 is 1.19 bits per heavy atom. The number of carbonyl (C=O) groups excluding carboxylic acids is 1. The van der Waals surface area contributed by atoms with Gasteiger partial charge in [-0.1, -0.05) is 88.4 Å². The smallest absolute Gasteiger partial charge is 0.250 e. The fourth-order valence-electron chi connectivity index (χ4n) is 2.65. The lowest BCUT2D eigenvalue weighted by atomic mass is 10.2. The molecule has 0 fully saturated rings. The largest absolute Gasteiger partial charge is 0.298 e. The van der Waals surface area contributed by atoms with Crippen LogP contribution in [-0.4, -0.2) is 32.6 Å². The van der Waals surface area contributed by atoms with E-state index in [1.54, 1.807) is 12.3 Å². The van der Waals surface area contributed by atoms with Crippen LogP contribution in [-0.2, 0) is 11.3 Å². The Morgan fingerprint density at radius 2 is 1.94 bits per heavy atom. The van der Waals surface area contributed by atoms with Gasteiger partial charge >= 0.3 is 0 Å². The van der Waals surface area contributed by atoms with Crippen molar-refractivity contribution >= 4 is 45.9 Å². The quantitative estimate of drug-likeness (QED) is 0.192. The molecule has 0 aliphatic carbocycles. The molecule has 0 spiro atoms. The molecule has 2 aromatic carbocycles. The van der Waals surface area contributed by atoms with E-state index in [0.717, 1.165) is 27.0 Å². The summed E-state index contributed by atoms with van der Waals surface area (Å²) in [6.07, 6.45) is 5.23. The highest BCUT2D eigenvalue weighted by atomic mass is 79.9. The van der Waals surface area contributed by atoms with E-state index in [4.69, 9.17) is 0 Å². The number of allylic oxidation sites excluding steroid dienone is 2. The minimum Gasteiger partial charge on any atom is -0.298 e. The Hall–Kier alpha value is -2.97. The Bertz CT molecular complexity index is 1090. The van der Waals surface area contributed by atoms with Gasteiger partial charge in [-0.15, -0.1) is 10.2 Å². The van der Waals surface area contributed by atoms with Gasteiger partial charge in [0.05, 0.1) is 5.75 Å². The van der Waals surface area contributed by atoms with Gasteiger partial charge in [-0.05, 0) is 30.7 Å². The fourth-order valence-corrected chi connectivity index (χ4v) is 3.65. The van der Waals surface area contributed by atoms with Gasteiger partial charge in [0.25, 0.3) is 5.91 Å². The first kappa shape index (κ1) is 22.7. The zero-order valence-electron chi connectivity index (χ0n) is 17.0. The number of halogens is 1. The fraction of sp³-hybridized carbons (Fsp3) is 0.130.